The monoisotopic (exact) mass is 1270 g/mol. The van der Waals surface area contributed by atoms with Crippen molar-refractivity contribution in [2.75, 3.05) is 0 Å². The minimum atomic E-state index is 0.196. The van der Waals surface area contributed by atoms with Crippen LogP contribution in [0.2, 0.25) is 0 Å². The fourth-order valence-electron chi connectivity index (χ4n) is 23.9. The zero-order valence-electron chi connectivity index (χ0n) is 54.9. The van der Waals surface area contributed by atoms with Gasteiger partial charge in [-0.1, -0.05) is 224 Å². The Morgan fingerprint density at radius 3 is 1.00 bits per heavy atom. The van der Waals surface area contributed by atoms with Crippen LogP contribution in [0.1, 0.15) is 86.5 Å². The first kappa shape index (κ1) is 55.2. The molecule has 10 aliphatic carbocycles. The summed E-state index contributed by atoms with van der Waals surface area (Å²) in [4.78, 5) is 0. The maximum absolute atomic E-state index is 6.39. The van der Waals surface area contributed by atoms with E-state index >= 15 is 0 Å². The molecule has 2 heterocycles. The Hall–Kier alpha value is -9.86. The van der Waals surface area contributed by atoms with Crippen LogP contribution in [0.5, 0.6) is 0 Å². The highest BCUT2D eigenvalue weighted by Gasteiger charge is 2.63. The number of hydrogen-bond acceptors (Lipinski definition) is 2. The Kier molecular flexibility index (Phi) is 11.5. The maximum Gasteiger partial charge on any atom is 0.136 e. The lowest BCUT2D eigenvalue weighted by atomic mass is 9.43. The summed E-state index contributed by atoms with van der Waals surface area (Å²) in [6.07, 6.45) is 14.3. The molecule has 0 N–H and O–H groups in total. The summed E-state index contributed by atoms with van der Waals surface area (Å²) in [6.45, 7) is 0. The van der Waals surface area contributed by atoms with E-state index in [-0.39, 0.29) is 10.8 Å². The topological polar surface area (TPSA) is 13.1 Å². The molecule has 0 aliphatic heterocycles. The van der Waals surface area contributed by atoms with Crippen molar-refractivity contribution in [3.8, 4) is 66.8 Å². The number of thiophene rings is 1. The van der Waals surface area contributed by atoms with E-state index in [9.17, 15) is 0 Å². The molecule has 0 atom stereocenters. The Morgan fingerprint density at radius 1 is 0.235 bits per heavy atom. The van der Waals surface area contributed by atoms with Crippen molar-refractivity contribution in [2.24, 2.45) is 47.3 Å². The summed E-state index contributed by atoms with van der Waals surface area (Å²) in [5.74, 6) is 6.95. The van der Waals surface area contributed by atoms with Crippen LogP contribution < -0.4 is 0 Å². The maximum atomic E-state index is 6.39. The molecule has 0 radical (unpaired) electrons. The highest BCUT2D eigenvalue weighted by Crippen LogP contribution is 2.72. The van der Waals surface area contributed by atoms with Gasteiger partial charge in [0.05, 0.1) is 0 Å². The fraction of sp³-hybridized carbons (Fsp3) is 0.208. The fourth-order valence-corrected chi connectivity index (χ4v) is 25.0. The third-order valence-electron chi connectivity index (χ3n) is 26.9. The molecule has 468 valence electrons. The molecule has 2 aromatic heterocycles. The van der Waals surface area contributed by atoms with Crippen LogP contribution in [0.15, 0.2) is 271 Å². The van der Waals surface area contributed by atoms with Crippen LogP contribution in [-0.4, -0.2) is 0 Å². The van der Waals surface area contributed by atoms with Crippen LogP contribution in [0.25, 0.3) is 152 Å². The molecule has 16 aromatic rings. The van der Waals surface area contributed by atoms with Gasteiger partial charge in [0.2, 0.25) is 0 Å². The molecule has 0 amide bonds. The van der Waals surface area contributed by atoms with E-state index in [1.54, 1.807) is 22.3 Å². The molecule has 2 heteroatoms. The van der Waals surface area contributed by atoms with Crippen LogP contribution >= 0.6 is 11.3 Å². The van der Waals surface area contributed by atoms with Gasteiger partial charge in [-0.05, 0) is 286 Å². The summed E-state index contributed by atoms with van der Waals surface area (Å²) in [5.41, 5.74) is 25.2. The molecule has 1 nitrogen and oxygen atoms in total. The molecule has 0 unspecified atom stereocenters. The molecule has 8 bridgehead atoms. The first-order valence-electron chi connectivity index (χ1n) is 36.7. The quantitative estimate of drug-likeness (QED) is 0.160. The van der Waals surface area contributed by atoms with E-state index in [1.807, 2.05) is 17.4 Å². The summed E-state index contributed by atoms with van der Waals surface area (Å²) in [5, 5.41) is 15.5. The average molecular weight is 1270 g/mol. The Labute approximate surface area is 575 Å². The largest absolute Gasteiger partial charge is 0.456 e. The number of furan rings is 1. The number of fused-ring (bicyclic) bond motifs is 16. The molecular formula is C96H72OS. The van der Waals surface area contributed by atoms with E-state index in [1.165, 1.54) is 205 Å². The van der Waals surface area contributed by atoms with Gasteiger partial charge in [0.25, 0.3) is 0 Å². The second-order valence-electron chi connectivity index (χ2n) is 31.3. The molecule has 0 saturated heterocycles. The number of rotatable bonds is 4. The van der Waals surface area contributed by atoms with Gasteiger partial charge in [0.1, 0.15) is 11.2 Å². The van der Waals surface area contributed by atoms with Gasteiger partial charge < -0.3 is 4.42 Å². The lowest BCUT2D eigenvalue weighted by molar-refractivity contribution is -0.0399. The third-order valence-corrected chi connectivity index (χ3v) is 28.0. The van der Waals surface area contributed by atoms with Gasteiger partial charge in [-0.25, -0.2) is 0 Å². The molecule has 26 rings (SSSR count). The third kappa shape index (κ3) is 7.42. The summed E-state index contributed by atoms with van der Waals surface area (Å²) >= 11 is 1.90. The predicted molar refractivity (Wildman–Crippen MR) is 411 cm³/mol. The second kappa shape index (κ2) is 20.4. The normalized spacial score (nSPS) is 24.8. The zero-order chi connectivity index (χ0) is 63.7. The van der Waals surface area contributed by atoms with Crippen LogP contribution in [0, 0.1) is 47.3 Å². The Bertz CT molecular complexity index is 5580. The van der Waals surface area contributed by atoms with Crippen molar-refractivity contribution >= 4 is 96.5 Å². The predicted octanol–water partition coefficient (Wildman–Crippen LogP) is 26.4. The SMILES string of the molecule is c1ccc2c(c1)-c1cc(-c3c4ccccc4c(-c4ccc5c(c4)oc4ccccc45)c4ccccc34)ccc1C21C2CC3CC(C2)CC1C3.c1ccc2c(c1)-c1cc(-c3c4ccccc4c(-c4ccc5c(c4)sc4ccccc45)c4ccccc34)ccc1C21C2CC3CC(C2)CC1C3. The average Bonchev–Trinajstić information content (AvgIpc) is 1.48. The van der Waals surface area contributed by atoms with Crippen molar-refractivity contribution in [2.45, 2.75) is 75.0 Å². The first-order valence-corrected chi connectivity index (χ1v) is 37.5. The number of benzene rings is 14. The van der Waals surface area contributed by atoms with Crippen molar-refractivity contribution in [1.29, 1.82) is 0 Å². The van der Waals surface area contributed by atoms with Gasteiger partial charge in [0.15, 0.2) is 0 Å². The first-order chi connectivity index (χ1) is 48.5. The van der Waals surface area contributed by atoms with Crippen molar-refractivity contribution in [3.63, 3.8) is 0 Å². The highest BCUT2D eigenvalue weighted by atomic mass is 32.1. The minimum Gasteiger partial charge on any atom is -0.456 e. The molecule has 8 saturated carbocycles. The van der Waals surface area contributed by atoms with Crippen LogP contribution in [0.4, 0.5) is 0 Å². The summed E-state index contributed by atoms with van der Waals surface area (Å²) in [7, 11) is 0. The van der Waals surface area contributed by atoms with Gasteiger partial charge in [-0.3, -0.25) is 0 Å². The lowest BCUT2D eigenvalue weighted by Crippen LogP contribution is -2.55. The van der Waals surface area contributed by atoms with E-state index in [2.05, 4.69) is 261 Å². The van der Waals surface area contributed by atoms with Gasteiger partial charge >= 0.3 is 0 Å². The number of para-hydroxylation sites is 1. The standard InChI is InChI=1S/C48H36O.C48H36S/c2*1-3-13-39-37(11-1)46(38-12-2-4-14-40(38)47(39)31-17-19-36-35-10-6-8-16-44(35)49-45(36)27-31)30-18-20-43-41(26-30)34-9-5-7-15-42(34)48(43)32-22-28-21-29(24-32)25-33(48)23-28/h2*1-20,26-29,32-33H,21-25H2. The van der Waals surface area contributed by atoms with Gasteiger partial charge in [-0.15, -0.1) is 11.3 Å². The van der Waals surface area contributed by atoms with Crippen molar-refractivity contribution in [3.05, 3.63) is 289 Å². The minimum absolute atomic E-state index is 0.196. The van der Waals surface area contributed by atoms with E-state index in [0.717, 1.165) is 58.5 Å². The second-order valence-corrected chi connectivity index (χ2v) is 32.3. The van der Waals surface area contributed by atoms with Gasteiger partial charge in [0, 0.05) is 41.8 Å². The molecule has 8 fully saturated rings. The van der Waals surface area contributed by atoms with Crippen molar-refractivity contribution < 1.29 is 4.42 Å². The molecule has 98 heavy (non-hydrogen) atoms. The Morgan fingerprint density at radius 2 is 0.551 bits per heavy atom. The van der Waals surface area contributed by atoms with Crippen LogP contribution in [-0.2, 0) is 10.8 Å². The zero-order valence-corrected chi connectivity index (χ0v) is 55.7. The molecule has 10 aliphatic rings. The molecule has 14 aromatic carbocycles. The highest BCUT2D eigenvalue weighted by molar-refractivity contribution is 7.25. The summed E-state index contributed by atoms with van der Waals surface area (Å²) in [6, 6.07) is 102. The van der Waals surface area contributed by atoms with Gasteiger partial charge in [-0.2, -0.15) is 0 Å². The Balaban J connectivity index is 0.000000122. The smallest absolute Gasteiger partial charge is 0.136 e. The van der Waals surface area contributed by atoms with Crippen molar-refractivity contribution in [1.82, 2.24) is 0 Å². The van der Waals surface area contributed by atoms with E-state index in [4.69, 9.17) is 4.42 Å². The molecular weight excluding hydrogens is 1200 g/mol. The van der Waals surface area contributed by atoms with E-state index < -0.39 is 0 Å². The summed E-state index contributed by atoms with van der Waals surface area (Å²) < 4.78 is 9.09. The molecule has 2 spiro atoms. The lowest BCUT2D eigenvalue weighted by Gasteiger charge is -2.61. The van der Waals surface area contributed by atoms with E-state index in [0.29, 0.717) is 0 Å². The van der Waals surface area contributed by atoms with Crippen LogP contribution in [0.3, 0.4) is 0 Å². The number of hydrogen-bond donors (Lipinski definition) is 0.